The molecule has 2 N–H and O–H groups in total. The third kappa shape index (κ3) is 11.0. The van der Waals surface area contributed by atoms with Crippen molar-refractivity contribution in [2.45, 2.75) is 90.5 Å². The van der Waals surface area contributed by atoms with Crippen LogP contribution in [-0.2, 0) is 20.7 Å². The lowest BCUT2D eigenvalue weighted by molar-refractivity contribution is -0.147. The van der Waals surface area contributed by atoms with Gasteiger partial charge in [-0.05, 0) is 31.0 Å². The van der Waals surface area contributed by atoms with Crippen molar-refractivity contribution in [2.24, 2.45) is 0 Å². The van der Waals surface area contributed by atoms with Gasteiger partial charge in [-0.3, -0.25) is 4.79 Å². The number of amides is 1. The highest BCUT2D eigenvalue weighted by Gasteiger charge is 2.22. The SMILES string of the molecule is CCCCCCCCCCCC(=O)N[C@@H](Cc1ccc(O)cc1)C(=O)OCC. The molecule has 0 heterocycles. The standard InChI is InChI=1S/C23H37NO4/c1-3-5-6-7-8-9-10-11-12-13-22(26)24-21(23(27)28-4-2)18-19-14-16-20(25)17-15-19/h14-17,21,25H,3-13,18H2,1-2H3,(H,24,26)/t21-/m0/s1. The molecule has 1 aromatic rings. The molecule has 0 aliphatic rings. The van der Waals surface area contributed by atoms with Crippen LogP contribution in [0.1, 0.15) is 83.6 Å². The number of phenols is 1. The molecule has 28 heavy (non-hydrogen) atoms. The summed E-state index contributed by atoms with van der Waals surface area (Å²) in [5.41, 5.74) is 0.860. The van der Waals surface area contributed by atoms with Crippen molar-refractivity contribution < 1.29 is 19.4 Å². The number of ether oxygens (including phenoxy) is 1. The minimum absolute atomic E-state index is 0.111. The first-order chi connectivity index (χ1) is 13.6. The van der Waals surface area contributed by atoms with E-state index in [4.69, 9.17) is 4.74 Å². The number of benzene rings is 1. The van der Waals surface area contributed by atoms with Gasteiger partial charge in [-0.25, -0.2) is 4.79 Å². The van der Waals surface area contributed by atoms with E-state index in [2.05, 4.69) is 12.2 Å². The van der Waals surface area contributed by atoms with Crippen molar-refractivity contribution in [3.05, 3.63) is 29.8 Å². The fourth-order valence-electron chi connectivity index (χ4n) is 3.17. The lowest BCUT2D eigenvalue weighted by Crippen LogP contribution is -2.43. The summed E-state index contributed by atoms with van der Waals surface area (Å²) in [4.78, 5) is 24.4. The van der Waals surface area contributed by atoms with Crippen molar-refractivity contribution >= 4 is 11.9 Å². The Balaban J connectivity index is 2.32. The van der Waals surface area contributed by atoms with Crippen molar-refractivity contribution in [3.8, 4) is 5.75 Å². The zero-order valence-electron chi connectivity index (χ0n) is 17.5. The Kier molecular flexibility index (Phi) is 12.8. The van der Waals surface area contributed by atoms with E-state index in [1.807, 2.05) is 0 Å². The number of carbonyl (C=O) groups excluding carboxylic acids is 2. The van der Waals surface area contributed by atoms with E-state index in [1.54, 1.807) is 31.2 Å². The van der Waals surface area contributed by atoms with Gasteiger partial charge in [-0.2, -0.15) is 0 Å². The predicted octanol–water partition coefficient (Wildman–Crippen LogP) is 4.90. The van der Waals surface area contributed by atoms with Crippen LogP contribution in [0, 0.1) is 0 Å². The Morgan fingerprint density at radius 2 is 1.50 bits per heavy atom. The van der Waals surface area contributed by atoms with Crippen molar-refractivity contribution in [2.75, 3.05) is 6.61 Å². The molecule has 0 aliphatic carbocycles. The van der Waals surface area contributed by atoms with Gasteiger partial charge < -0.3 is 15.2 Å². The van der Waals surface area contributed by atoms with E-state index in [0.717, 1.165) is 24.8 Å². The van der Waals surface area contributed by atoms with E-state index in [-0.39, 0.29) is 18.3 Å². The minimum atomic E-state index is -0.699. The lowest BCUT2D eigenvalue weighted by atomic mass is 10.0. The molecule has 0 saturated heterocycles. The number of hydrogen-bond donors (Lipinski definition) is 2. The zero-order valence-corrected chi connectivity index (χ0v) is 17.5. The highest BCUT2D eigenvalue weighted by atomic mass is 16.5. The van der Waals surface area contributed by atoms with Gasteiger partial charge in [0.1, 0.15) is 11.8 Å². The summed E-state index contributed by atoms with van der Waals surface area (Å²) >= 11 is 0. The largest absolute Gasteiger partial charge is 0.508 e. The highest BCUT2D eigenvalue weighted by Crippen LogP contribution is 2.13. The molecule has 0 unspecified atom stereocenters. The van der Waals surface area contributed by atoms with Gasteiger partial charge in [0.15, 0.2) is 0 Å². The van der Waals surface area contributed by atoms with Gasteiger partial charge in [0.05, 0.1) is 6.61 Å². The Morgan fingerprint density at radius 1 is 0.929 bits per heavy atom. The first-order valence-electron chi connectivity index (χ1n) is 10.8. The predicted molar refractivity (Wildman–Crippen MR) is 112 cm³/mol. The molecule has 1 rings (SSSR count). The monoisotopic (exact) mass is 391 g/mol. The first kappa shape index (κ1) is 24.0. The molecule has 0 spiro atoms. The van der Waals surface area contributed by atoms with Crippen LogP contribution in [0.4, 0.5) is 0 Å². The summed E-state index contributed by atoms with van der Waals surface area (Å²) in [5, 5.41) is 12.2. The van der Waals surface area contributed by atoms with E-state index >= 15 is 0 Å². The van der Waals surface area contributed by atoms with Crippen LogP contribution in [-0.4, -0.2) is 29.6 Å². The molecule has 0 aromatic heterocycles. The molecule has 0 aliphatic heterocycles. The number of hydrogen-bond acceptors (Lipinski definition) is 4. The number of unbranched alkanes of at least 4 members (excludes halogenated alkanes) is 8. The van der Waals surface area contributed by atoms with Crippen molar-refractivity contribution in [1.82, 2.24) is 5.32 Å². The molecular weight excluding hydrogens is 354 g/mol. The third-order valence-electron chi connectivity index (χ3n) is 4.79. The van der Waals surface area contributed by atoms with Crippen LogP contribution in [0.3, 0.4) is 0 Å². The molecule has 1 atom stereocenters. The van der Waals surface area contributed by atoms with Crippen LogP contribution in [0.15, 0.2) is 24.3 Å². The number of aromatic hydroxyl groups is 1. The lowest BCUT2D eigenvalue weighted by Gasteiger charge is -2.17. The molecular formula is C23H37NO4. The molecule has 5 heteroatoms. The first-order valence-corrected chi connectivity index (χ1v) is 10.8. The zero-order chi connectivity index (χ0) is 20.6. The Bertz CT molecular complexity index is 556. The molecule has 1 aromatic carbocycles. The van der Waals surface area contributed by atoms with Crippen LogP contribution in [0.5, 0.6) is 5.75 Å². The molecule has 0 bridgehead atoms. The Labute approximate surface area is 169 Å². The smallest absolute Gasteiger partial charge is 0.328 e. The van der Waals surface area contributed by atoms with Crippen LogP contribution in [0.25, 0.3) is 0 Å². The van der Waals surface area contributed by atoms with Gasteiger partial charge in [0.25, 0.3) is 0 Å². The average molecular weight is 392 g/mol. The van der Waals surface area contributed by atoms with Gasteiger partial charge >= 0.3 is 5.97 Å². The fraction of sp³-hybridized carbons (Fsp3) is 0.652. The normalized spacial score (nSPS) is 11.8. The highest BCUT2D eigenvalue weighted by molar-refractivity contribution is 5.84. The Morgan fingerprint density at radius 3 is 2.07 bits per heavy atom. The van der Waals surface area contributed by atoms with Gasteiger partial charge in [0, 0.05) is 12.8 Å². The van der Waals surface area contributed by atoms with Gasteiger partial charge in [-0.15, -0.1) is 0 Å². The van der Waals surface area contributed by atoms with E-state index in [0.29, 0.717) is 12.8 Å². The van der Waals surface area contributed by atoms with Crippen molar-refractivity contribution in [3.63, 3.8) is 0 Å². The van der Waals surface area contributed by atoms with Crippen LogP contribution < -0.4 is 5.32 Å². The maximum atomic E-state index is 12.3. The molecule has 0 fully saturated rings. The van der Waals surface area contributed by atoms with Crippen molar-refractivity contribution in [1.29, 1.82) is 0 Å². The molecule has 158 valence electrons. The second kappa shape index (κ2) is 14.9. The van der Waals surface area contributed by atoms with E-state index < -0.39 is 12.0 Å². The average Bonchev–Trinajstić information content (AvgIpc) is 2.68. The molecule has 0 radical (unpaired) electrons. The summed E-state index contributed by atoms with van der Waals surface area (Å²) in [6.45, 7) is 4.25. The Hall–Kier alpha value is -2.04. The summed E-state index contributed by atoms with van der Waals surface area (Å²) in [7, 11) is 0. The van der Waals surface area contributed by atoms with Gasteiger partial charge in [-0.1, -0.05) is 70.4 Å². The number of nitrogens with one attached hydrogen (secondary N) is 1. The number of rotatable bonds is 15. The van der Waals surface area contributed by atoms with E-state index in [1.165, 1.54) is 38.5 Å². The second-order valence-electron chi connectivity index (χ2n) is 7.32. The number of esters is 1. The maximum Gasteiger partial charge on any atom is 0.328 e. The van der Waals surface area contributed by atoms with Crippen LogP contribution in [0.2, 0.25) is 0 Å². The third-order valence-corrected chi connectivity index (χ3v) is 4.79. The molecule has 1 amide bonds. The number of carbonyl (C=O) groups is 2. The summed E-state index contributed by atoms with van der Waals surface area (Å²) < 4.78 is 5.10. The summed E-state index contributed by atoms with van der Waals surface area (Å²) in [5.74, 6) is -0.360. The molecule has 5 nitrogen and oxygen atoms in total. The minimum Gasteiger partial charge on any atom is -0.508 e. The quantitative estimate of drug-likeness (QED) is 0.329. The summed E-state index contributed by atoms with van der Waals surface area (Å²) in [6, 6.07) is 5.93. The molecule has 0 saturated carbocycles. The maximum absolute atomic E-state index is 12.3. The topological polar surface area (TPSA) is 75.6 Å². The van der Waals surface area contributed by atoms with Crippen LogP contribution >= 0.6 is 0 Å². The summed E-state index contributed by atoms with van der Waals surface area (Å²) in [6.07, 6.45) is 11.6. The van der Waals surface area contributed by atoms with E-state index in [9.17, 15) is 14.7 Å². The fourth-order valence-corrected chi connectivity index (χ4v) is 3.17. The van der Waals surface area contributed by atoms with Gasteiger partial charge in [0.2, 0.25) is 5.91 Å². The number of phenolic OH excluding ortho intramolecular Hbond substituents is 1. The second-order valence-corrected chi connectivity index (χ2v) is 7.32.